The lowest BCUT2D eigenvalue weighted by atomic mass is 10.0. The highest BCUT2D eigenvalue weighted by Gasteiger charge is 1.98. The Bertz CT molecular complexity index is 535. The molecule has 0 radical (unpaired) electrons. The Morgan fingerprint density at radius 1 is 0.944 bits per heavy atom. The van der Waals surface area contributed by atoms with E-state index in [1.165, 1.54) is 5.56 Å². The topological polar surface area (TPSA) is 33.0 Å². The van der Waals surface area contributed by atoms with Crippen molar-refractivity contribution in [2.75, 3.05) is 6.61 Å². The van der Waals surface area contributed by atoms with Crippen molar-refractivity contribution in [3.05, 3.63) is 59.7 Å². The van der Waals surface area contributed by atoms with Crippen molar-refractivity contribution >= 4 is 0 Å². The van der Waals surface area contributed by atoms with Crippen LogP contribution in [-0.2, 0) is 11.3 Å². The third-order valence-corrected chi connectivity index (χ3v) is 2.77. The van der Waals surface area contributed by atoms with Gasteiger partial charge in [0.1, 0.15) is 0 Å². The molecule has 0 aromatic heterocycles. The molecule has 0 atom stereocenters. The minimum absolute atomic E-state index is 0.657. The lowest BCUT2D eigenvalue weighted by Crippen LogP contribution is -1.91. The van der Waals surface area contributed by atoms with Gasteiger partial charge in [0.05, 0.1) is 18.2 Å². The van der Waals surface area contributed by atoms with Crippen molar-refractivity contribution in [1.29, 1.82) is 5.26 Å². The van der Waals surface area contributed by atoms with E-state index in [9.17, 15) is 0 Å². The van der Waals surface area contributed by atoms with Gasteiger partial charge in [0.15, 0.2) is 0 Å². The molecule has 0 aliphatic heterocycles. The average molecular weight is 237 g/mol. The smallest absolute Gasteiger partial charge is 0.0991 e. The van der Waals surface area contributed by atoms with Gasteiger partial charge in [-0.2, -0.15) is 5.26 Å². The zero-order valence-electron chi connectivity index (χ0n) is 10.4. The molecular weight excluding hydrogens is 222 g/mol. The Labute approximate surface area is 107 Å². The third-order valence-electron chi connectivity index (χ3n) is 2.77. The summed E-state index contributed by atoms with van der Waals surface area (Å²) in [5.74, 6) is 0. The van der Waals surface area contributed by atoms with Crippen LogP contribution in [0.2, 0.25) is 0 Å². The number of ether oxygens (including phenoxy) is 1. The molecule has 2 rings (SSSR count). The Balaban J connectivity index is 2.15. The van der Waals surface area contributed by atoms with E-state index < -0.39 is 0 Å². The molecule has 90 valence electrons. The number of hydrogen-bond donors (Lipinski definition) is 0. The lowest BCUT2D eigenvalue weighted by molar-refractivity contribution is 0.134. The van der Waals surface area contributed by atoms with Gasteiger partial charge in [-0.25, -0.2) is 0 Å². The highest BCUT2D eigenvalue weighted by Crippen LogP contribution is 2.20. The average Bonchev–Trinajstić information content (AvgIpc) is 2.46. The molecule has 0 saturated carbocycles. The van der Waals surface area contributed by atoms with Crippen molar-refractivity contribution in [2.45, 2.75) is 13.5 Å². The first kappa shape index (κ1) is 12.3. The monoisotopic (exact) mass is 237 g/mol. The first-order valence-corrected chi connectivity index (χ1v) is 6.00. The van der Waals surface area contributed by atoms with Crippen LogP contribution < -0.4 is 0 Å². The molecule has 0 bridgehead atoms. The summed E-state index contributed by atoms with van der Waals surface area (Å²) < 4.78 is 5.36. The van der Waals surface area contributed by atoms with Crippen LogP contribution in [0.1, 0.15) is 18.1 Å². The maximum Gasteiger partial charge on any atom is 0.0991 e. The molecule has 0 heterocycles. The van der Waals surface area contributed by atoms with Gasteiger partial charge >= 0.3 is 0 Å². The molecule has 0 spiro atoms. The van der Waals surface area contributed by atoms with E-state index in [1.807, 2.05) is 31.2 Å². The van der Waals surface area contributed by atoms with Crippen molar-refractivity contribution in [3.8, 4) is 17.2 Å². The molecule has 0 N–H and O–H groups in total. The molecule has 0 fully saturated rings. The van der Waals surface area contributed by atoms with Gasteiger partial charge in [-0.15, -0.1) is 0 Å². The fourth-order valence-corrected chi connectivity index (χ4v) is 1.75. The first-order chi connectivity index (χ1) is 8.83. The van der Waals surface area contributed by atoms with Gasteiger partial charge in [-0.3, -0.25) is 0 Å². The summed E-state index contributed by atoms with van der Waals surface area (Å²) in [4.78, 5) is 0. The molecule has 0 amide bonds. The molecule has 2 nitrogen and oxygen atoms in total. The zero-order chi connectivity index (χ0) is 12.8. The Hall–Kier alpha value is -2.11. The normalized spacial score (nSPS) is 10.0. The molecule has 2 aromatic carbocycles. The van der Waals surface area contributed by atoms with E-state index in [2.05, 4.69) is 30.3 Å². The Kier molecular flexibility index (Phi) is 4.11. The molecule has 0 aliphatic carbocycles. The van der Waals surface area contributed by atoms with Crippen molar-refractivity contribution in [2.24, 2.45) is 0 Å². The zero-order valence-corrected chi connectivity index (χ0v) is 10.4. The predicted octanol–water partition coefficient (Wildman–Crippen LogP) is 3.76. The van der Waals surface area contributed by atoms with E-state index in [0.717, 1.165) is 17.7 Å². The highest BCUT2D eigenvalue weighted by atomic mass is 16.5. The largest absolute Gasteiger partial charge is 0.377 e. The maximum atomic E-state index is 8.75. The van der Waals surface area contributed by atoms with Crippen molar-refractivity contribution < 1.29 is 4.74 Å². The summed E-state index contributed by atoms with van der Waals surface area (Å²) >= 11 is 0. The van der Waals surface area contributed by atoms with Crippen LogP contribution in [-0.4, -0.2) is 6.61 Å². The van der Waals surface area contributed by atoms with E-state index in [-0.39, 0.29) is 0 Å². The van der Waals surface area contributed by atoms with Gasteiger partial charge in [0, 0.05) is 6.61 Å². The number of nitriles is 1. The van der Waals surface area contributed by atoms with Gasteiger partial charge < -0.3 is 4.74 Å². The van der Waals surface area contributed by atoms with Crippen LogP contribution >= 0.6 is 0 Å². The fourth-order valence-electron chi connectivity index (χ4n) is 1.75. The molecular formula is C16H15NO. The molecule has 0 unspecified atom stereocenters. The van der Waals surface area contributed by atoms with E-state index >= 15 is 0 Å². The first-order valence-electron chi connectivity index (χ1n) is 6.00. The molecule has 18 heavy (non-hydrogen) atoms. The van der Waals surface area contributed by atoms with Gasteiger partial charge in [-0.1, -0.05) is 36.4 Å². The summed E-state index contributed by atoms with van der Waals surface area (Å²) in [7, 11) is 0. The predicted molar refractivity (Wildman–Crippen MR) is 71.9 cm³/mol. The van der Waals surface area contributed by atoms with Crippen LogP contribution in [0.5, 0.6) is 0 Å². The van der Waals surface area contributed by atoms with Crippen LogP contribution in [0.4, 0.5) is 0 Å². The summed E-state index contributed by atoms with van der Waals surface area (Å²) in [5.41, 5.74) is 4.14. The quantitative estimate of drug-likeness (QED) is 0.811. The molecule has 0 aliphatic rings. The highest BCUT2D eigenvalue weighted by molar-refractivity contribution is 5.64. The van der Waals surface area contributed by atoms with Crippen LogP contribution in [0.15, 0.2) is 48.5 Å². The van der Waals surface area contributed by atoms with Crippen LogP contribution in [0, 0.1) is 11.3 Å². The fraction of sp³-hybridized carbons (Fsp3) is 0.188. The van der Waals surface area contributed by atoms with E-state index in [0.29, 0.717) is 12.2 Å². The van der Waals surface area contributed by atoms with Gasteiger partial charge in [-0.05, 0) is 35.7 Å². The SMILES string of the molecule is CCOCc1ccc(-c2ccc(C#N)cc2)cc1. The Morgan fingerprint density at radius 2 is 1.50 bits per heavy atom. The summed E-state index contributed by atoms with van der Waals surface area (Å²) in [5, 5.41) is 8.75. The van der Waals surface area contributed by atoms with Crippen molar-refractivity contribution in [1.82, 2.24) is 0 Å². The minimum atomic E-state index is 0.657. The minimum Gasteiger partial charge on any atom is -0.377 e. The van der Waals surface area contributed by atoms with Gasteiger partial charge in [0.2, 0.25) is 0 Å². The van der Waals surface area contributed by atoms with Crippen LogP contribution in [0.3, 0.4) is 0 Å². The second kappa shape index (κ2) is 6.00. The summed E-state index contributed by atoms with van der Waals surface area (Å²) in [6, 6.07) is 18.0. The maximum absolute atomic E-state index is 8.75. The lowest BCUT2D eigenvalue weighted by Gasteiger charge is -2.05. The van der Waals surface area contributed by atoms with Crippen molar-refractivity contribution in [3.63, 3.8) is 0 Å². The van der Waals surface area contributed by atoms with E-state index in [4.69, 9.17) is 10.00 Å². The summed E-state index contributed by atoms with van der Waals surface area (Å²) in [6.45, 7) is 3.38. The molecule has 2 heteroatoms. The van der Waals surface area contributed by atoms with Gasteiger partial charge in [0.25, 0.3) is 0 Å². The number of hydrogen-bond acceptors (Lipinski definition) is 2. The molecule has 0 saturated heterocycles. The number of rotatable bonds is 4. The Morgan fingerprint density at radius 3 is 2.00 bits per heavy atom. The number of benzene rings is 2. The standard InChI is InChI=1S/C16H15NO/c1-2-18-12-14-5-9-16(10-6-14)15-7-3-13(11-17)4-8-15/h3-10H,2,12H2,1H3. The van der Waals surface area contributed by atoms with Crippen LogP contribution in [0.25, 0.3) is 11.1 Å². The second-order valence-corrected chi connectivity index (χ2v) is 4.02. The number of nitrogens with zero attached hydrogens (tertiary/aromatic N) is 1. The third kappa shape index (κ3) is 2.97. The van der Waals surface area contributed by atoms with E-state index in [1.54, 1.807) is 0 Å². The second-order valence-electron chi connectivity index (χ2n) is 4.02. The molecule has 2 aromatic rings. The summed E-state index contributed by atoms with van der Waals surface area (Å²) in [6.07, 6.45) is 0.